The van der Waals surface area contributed by atoms with E-state index >= 15 is 0 Å². The highest BCUT2D eigenvalue weighted by Crippen LogP contribution is 2.22. The Hall–Kier alpha value is -0.340. The zero-order valence-corrected chi connectivity index (χ0v) is 7.29. The molecular formula is C9H18N2. The van der Waals surface area contributed by atoms with Gasteiger partial charge in [0.05, 0.1) is 0 Å². The number of hydrogen-bond donors (Lipinski definition) is 1. The van der Waals surface area contributed by atoms with Crippen LogP contribution in [0, 0.1) is 0 Å². The van der Waals surface area contributed by atoms with Gasteiger partial charge in [-0.3, -0.25) is 4.90 Å². The molecule has 2 nitrogen and oxygen atoms in total. The third-order valence-corrected chi connectivity index (χ3v) is 2.39. The van der Waals surface area contributed by atoms with Gasteiger partial charge in [-0.1, -0.05) is 18.6 Å². The van der Waals surface area contributed by atoms with Crippen molar-refractivity contribution in [3.63, 3.8) is 0 Å². The first-order chi connectivity index (χ1) is 5.34. The third-order valence-electron chi connectivity index (χ3n) is 2.39. The molecule has 0 bridgehead atoms. The van der Waals surface area contributed by atoms with Gasteiger partial charge in [0, 0.05) is 19.1 Å². The summed E-state index contributed by atoms with van der Waals surface area (Å²) >= 11 is 0. The highest BCUT2D eigenvalue weighted by Gasteiger charge is 2.20. The van der Waals surface area contributed by atoms with Crippen LogP contribution in [0.4, 0.5) is 0 Å². The molecule has 0 atom stereocenters. The average molecular weight is 154 g/mol. The van der Waals surface area contributed by atoms with Crippen molar-refractivity contribution in [1.82, 2.24) is 4.90 Å². The predicted octanol–water partition coefficient (Wildman–Crippen LogP) is 0.986. The van der Waals surface area contributed by atoms with Crippen LogP contribution < -0.4 is 5.73 Å². The van der Waals surface area contributed by atoms with Gasteiger partial charge in [0.1, 0.15) is 0 Å². The molecule has 0 radical (unpaired) electrons. The van der Waals surface area contributed by atoms with Crippen LogP contribution in [0.3, 0.4) is 0 Å². The van der Waals surface area contributed by atoms with Gasteiger partial charge in [-0.25, -0.2) is 0 Å². The van der Waals surface area contributed by atoms with E-state index in [4.69, 9.17) is 5.73 Å². The highest BCUT2D eigenvalue weighted by molar-refractivity contribution is 4.88. The minimum Gasteiger partial charge on any atom is -0.327 e. The zero-order valence-electron chi connectivity index (χ0n) is 7.29. The van der Waals surface area contributed by atoms with Gasteiger partial charge < -0.3 is 5.73 Å². The molecule has 2 N–H and O–H groups in total. The van der Waals surface area contributed by atoms with E-state index in [9.17, 15) is 0 Å². The van der Waals surface area contributed by atoms with Crippen molar-refractivity contribution in [2.45, 2.75) is 25.3 Å². The summed E-state index contributed by atoms with van der Waals surface area (Å²) in [4.78, 5) is 2.40. The maximum atomic E-state index is 5.33. The largest absolute Gasteiger partial charge is 0.327 e. The normalized spacial score (nSPS) is 19.5. The van der Waals surface area contributed by atoms with E-state index in [-0.39, 0.29) is 0 Å². The SMILES string of the molecule is CN(C/C=C/CN)C1CCC1. The molecule has 1 aliphatic carbocycles. The van der Waals surface area contributed by atoms with E-state index in [1.54, 1.807) is 0 Å². The van der Waals surface area contributed by atoms with Crippen molar-refractivity contribution in [3.05, 3.63) is 12.2 Å². The van der Waals surface area contributed by atoms with E-state index in [0.29, 0.717) is 6.54 Å². The molecule has 0 aromatic heterocycles. The van der Waals surface area contributed by atoms with E-state index in [1.807, 2.05) is 6.08 Å². The van der Waals surface area contributed by atoms with Gasteiger partial charge >= 0.3 is 0 Å². The lowest BCUT2D eigenvalue weighted by atomic mass is 9.92. The molecular weight excluding hydrogens is 136 g/mol. The van der Waals surface area contributed by atoms with Crippen molar-refractivity contribution >= 4 is 0 Å². The Morgan fingerprint density at radius 2 is 2.18 bits per heavy atom. The van der Waals surface area contributed by atoms with E-state index in [0.717, 1.165) is 12.6 Å². The first-order valence-corrected chi connectivity index (χ1v) is 4.40. The van der Waals surface area contributed by atoms with Crippen LogP contribution in [-0.2, 0) is 0 Å². The second kappa shape index (κ2) is 4.52. The van der Waals surface area contributed by atoms with Crippen LogP contribution in [0.25, 0.3) is 0 Å². The first kappa shape index (κ1) is 8.75. The lowest BCUT2D eigenvalue weighted by molar-refractivity contribution is 0.175. The number of nitrogens with two attached hydrogens (primary N) is 1. The van der Waals surface area contributed by atoms with E-state index in [1.165, 1.54) is 19.3 Å². The fraction of sp³-hybridized carbons (Fsp3) is 0.778. The summed E-state index contributed by atoms with van der Waals surface area (Å²) < 4.78 is 0. The fourth-order valence-electron chi connectivity index (χ4n) is 1.31. The van der Waals surface area contributed by atoms with Crippen molar-refractivity contribution in [2.75, 3.05) is 20.1 Å². The summed E-state index contributed by atoms with van der Waals surface area (Å²) in [5, 5.41) is 0. The molecule has 64 valence electrons. The predicted molar refractivity (Wildman–Crippen MR) is 48.5 cm³/mol. The lowest BCUT2D eigenvalue weighted by Gasteiger charge is -2.33. The Kier molecular flexibility index (Phi) is 3.60. The molecule has 1 rings (SSSR count). The lowest BCUT2D eigenvalue weighted by Crippen LogP contribution is -2.37. The van der Waals surface area contributed by atoms with Crippen LogP contribution in [0.2, 0.25) is 0 Å². The summed E-state index contributed by atoms with van der Waals surface area (Å²) in [6, 6.07) is 0.845. The van der Waals surface area contributed by atoms with Gasteiger partial charge in [0.2, 0.25) is 0 Å². The second-order valence-electron chi connectivity index (χ2n) is 3.23. The molecule has 2 heteroatoms. The van der Waals surface area contributed by atoms with Gasteiger partial charge in [-0.05, 0) is 19.9 Å². The molecule has 0 unspecified atom stereocenters. The molecule has 0 amide bonds. The number of nitrogens with zero attached hydrogens (tertiary/aromatic N) is 1. The molecule has 0 saturated heterocycles. The quantitative estimate of drug-likeness (QED) is 0.612. The number of likely N-dealkylation sites (N-methyl/N-ethyl adjacent to an activating group) is 1. The van der Waals surface area contributed by atoms with E-state index < -0.39 is 0 Å². The number of hydrogen-bond acceptors (Lipinski definition) is 2. The van der Waals surface area contributed by atoms with Crippen LogP contribution in [0.15, 0.2) is 12.2 Å². The van der Waals surface area contributed by atoms with E-state index in [2.05, 4.69) is 18.0 Å². The minimum atomic E-state index is 0.665. The summed E-state index contributed by atoms with van der Waals surface area (Å²) in [6.07, 6.45) is 8.35. The molecule has 0 aromatic rings. The molecule has 0 spiro atoms. The summed E-state index contributed by atoms with van der Waals surface area (Å²) in [7, 11) is 2.19. The Morgan fingerprint density at radius 1 is 1.45 bits per heavy atom. The molecule has 0 heterocycles. The van der Waals surface area contributed by atoms with Gasteiger partial charge in [-0.2, -0.15) is 0 Å². The topological polar surface area (TPSA) is 29.3 Å². The second-order valence-corrected chi connectivity index (χ2v) is 3.23. The Labute approximate surface area is 69.1 Å². The smallest absolute Gasteiger partial charge is 0.0163 e. The van der Waals surface area contributed by atoms with Crippen molar-refractivity contribution in [1.29, 1.82) is 0 Å². The minimum absolute atomic E-state index is 0.665. The third kappa shape index (κ3) is 2.64. The van der Waals surface area contributed by atoms with Crippen LogP contribution in [-0.4, -0.2) is 31.1 Å². The molecule has 11 heavy (non-hydrogen) atoms. The van der Waals surface area contributed by atoms with Gasteiger partial charge in [-0.15, -0.1) is 0 Å². The standard InChI is InChI=1S/C9H18N2/c1-11(8-3-2-7-10)9-5-4-6-9/h2-3,9H,4-8,10H2,1H3/b3-2+. The Balaban J connectivity index is 2.09. The molecule has 1 fully saturated rings. The number of rotatable bonds is 4. The van der Waals surface area contributed by atoms with Crippen LogP contribution in [0.1, 0.15) is 19.3 Å². The summed E-state index contributed by atoms with van der Waals surface area (Å²) in [6.45, 7) is 1.72. The zero-order chi connectivity index (χ0) is 8.10. The maximum absolute atomic E-state index is 5.33. The van der Waals surface area contributed by atoms with Crippen molar-refractivity contribution in [3.8, 4) is 0 Å². The first-order valence-electron chi connectivity index (χ1n) is 4.40. The average Bonchev–Trinajstić information content (AvgIpc) is 1.84. The van der Waals surface area contributed by atoms with Crippen molar-refractivity contribution in [2.24, 2.45) is 5.73 Å². The monoisotopic (exact) mass is 154 g/mol. The van der Waals surface area contributed by atoms with Crippen molar-refractivity contribution < 1.29 is 0 Å². The Morgan fingerprint density at radius 3 is 2.64 bits per heavy atom. The molecule has 0 aliphatic heterocycles. The fourth-order valence-corrected chi connectivity index (χ4v) is 1.31. The molecule has 1 saturated carbocycles. The van der Waals surface area contributed by atoms with Crippen LogP contribution in [0.5, 0.6) is 0 Å². The summed E-state index contributed by atoms with van der Waals surface area (Å²) in [5.74, 6) is 0. The van der Waals surface area contributed by atoms with Gasteiger partial charge in [0.15, 0.2) is 0 Å². The maximum Gasteiger partial charge on any atom is 0.0163 e. The molecule has 1 aliphatic rings. The highest BCUT2D eigenvalue weighted by atomic mass is 15.1. The Bertz CT molecular complexity index is 128. The van der Waals surface area contributed by atoms with Crippen LogP contribution >= 0.6 is 0 Å². The van der Waals surface area contributed by atoms with Gasteiger partial charge in [0.25, 0.3) is 0 Å². The molecule has 0 aromatic carbocycles. The summed E-state index contributed by atoms with van der Waals surface area (Å²) in [5.41, 5.74) is 5.33.